The van der Waals surface area contributed by atoms with Crippen LogP contribution in [0.25, 0.3) is 10.9 Å². The molecule has 2 aromatic rings. The third-order valence-corrected chi connectivity index (χ3v) is 2.30. The molecule has 0 amide bonds. The van der Waals surface area contributed by atoms with Crippen LogP contribution < -0.4 is 11.0 Å². The first-order valence-corrected chi connectivity index (χ1v) is 5.09. The van der Waals surface area contributed by atoms with Crippen molar-refractivity contribution in [3.8, 4) is 0 Å². The van der Waals surface area contributed by atoms with Gasteiger partial charge in [0.15, 0.2) is 0 Å². The number of nitro groups is 1. The summed E-state index contributed by atoms with van der Waals surface area (Å²) in [6, 6.07) is 2.69. The molecule has 0 atom stereocenters. The average molecular weight is 249 g/mol. The van der Waals surface area contributed by atoms with Crippen molar-refractivity contribution < 1.29 is 4.92 Å². The molecule has 0 radical (unpaired) electrons. The third-order valence-electron chi connectivity index (χ3n) is 2.30. The fraction of sp³-hybridized carbons (Fsp3) is 0.200. The summed E-state index contributed by atoms with van der Waals surface area (Å²) in [5.74, 6) is 0. The number of nitrogens with zero attached hydrogens (tertiary/aromatic N) is 3. The van der Waals surface area contributed by atoms with Crippen molar-refractivity contribution >= 4 is 22.3 Å². The lowest BCUT2D eigenvalue weighted by atomic mass is 10.2. The molecule has 0 spiro atoms. The van der Waals surface area contributed by atoms with E-state index < -0.39 is 10.5 Å². The number of nitro benzene ring substituents is 1. The summed E-state index contributed by atoms with van der Waals surface area (Å²) in [4.78, 5) is 28.3. The highest BCUT2D eigenvalue weighted by molar-refractivity contribution is 5.86. The molecule has 0 fully saturated rings. The maximum Gasteiger partial charge on any atom is 0.294 e. The zero-order chi connectivity index (χ0) is 13.3. The molecule has 18 heavy (non-hydrogen) atoms. The number of H-pyrrole nitrogens is 1. The van der Waals surface area contributed by atoms with E-state index in [1.54, 1.807) is 19.1 Å². The Bertz CT molecular complexity index is 664. The van der Waals surface area contributed by atoms with Crippen molar-refractivity contribution in [2.24, 2.45) is 0 Å². The second kappa shape index (κ2) is 4.41. The molecule has 1 aromatic carbocycles. The van der Waals surface area contributed by atoms with E-state index in [-0.39, 0.29) is 16.8 Å². The Morgan fingerprint density at radius 1 is 1.44 bits per heavy atom. The number of aromatic amines is 1. The first kappa shape index (κ1) is 12.0. The van der Waals surface area contributed by atoms with Gasteiger partial charge in [0.1, 0.15) is 5.69 Å². The molecule has 0 unspecified atom stereocenters. The van der Waals surface area contributed by atoms with E-state index in [4.69, 9.17) is 0 Å². The smallest absolute Gasteiger partial charge is 0.294 e. The van der Waals surface area contributed by atoms with Crippen LogP contribution in [0.2, 0.25) is 0 Å². The highest BCUT2D eigenvalue weighted by Crippen LogP contribution is 2.27. The lowest BCUT2D eigenvalue weighted by Gasteiger charge is -2.13. The Labute approximate surface area is 101 Å². The highest BCUT2D eigenvalue weighted by Gasteiger charge is 2.17. The lowest BCUT2D eigenvalue weighted by Crippen LogP contribution is -2.20. The summed E-state index contributed by atoms with van der Waals surface area (Å²) in [7, 11) is 3.41. The SMILES string of the molecule is CN(C)Nc1cc2nc[nH]c(=O)c2cc1[N+](=O)[O-]. The van der Waals surface area contributed by atoms with Crippen LogP contribution in [-0.2, 0) is 0 Å². The molecule has 2 N–H and O–H groups in total. The normalized spacial score (nSPS) is 10.8. The molecule has 0 aliphatic heterocycles. The molecule has 8 heteroatoms. The number of benzene rings is 1. The molecule has 8 nitrogen and oxygen atoms in total. The summed E-state index contributed by atoms with van der Waals surface area (Å²) in [5, 5.41) is 12.7. The number of aromatic nitrogens is 2. The van der Waals surface area contributed by atoms with Gasteiger partial charge in [-0.05, 0) is 6.07 Å². The van der Waals surface area contributed by atoms with Crippen molar-refractivity contribution in [1.29, 1.82) is 0 Å². The molecule has 0 aliphatic rings. The number of hydrogen-bond acceptors (Lipinski definition) is 6. The van der Waals surface area contributed by atoms with Crippen LogP contribution in [0.4, 0.5) is 11.4 Å². The van der Waals surface area contributed by atoms with Crippen molar-refractivity contribution in [1.82, 2.24) is 15.0 Å². The number of hydrazine groups is 1. The van der Waals surface area contributed by atoms with Crippen molar-refractivity contribution in [2.75, 3.05) is 19.5 Å². The molecule has 0 bridgehead atoms. The zero-order valence-corrected chi connectivity index (χ0v) is 9.80. The Morgan fingerprint density at radius 2 is 2.17 bits per heavy atom. The summed E-state index contributed by atoms with van der Waals surface area (Å²) >= 11 is 0. The quantitative estimate of drug-likeness (QED) is 0.613. The molecule has 0 saturated heterocycles. The van der Waals surface area contributed by atoms with Gasteiger partial charge in [-0.15, -0.1) is 0 Å². The van der Waals surface area contributed by atoms with Crippen LogP contribution >= 0.6 is 0 Å². The van der Waals surface area contributed by atoms with Gasteiger partial charge in [-0.1, -0.05) is 0 Å². The Hall–Kier alpha value is -2.48. The van der Waals surface area contributed by atoms with Crippen LogP contribution in [0, 0.1) is 10.1 Å². The summed E-state index contributed by atoms with van der Waals surface area (Å²) in [5.41, 5.74) is 2.92. The first-order valence-electron chi connectivity index (χ1n) is 5.09. The second-order valence-electron chi connectivity index (χ2n) is 3.88. The average Bonchev–Trinajstić information content (AvgIpc) is 2.27. The van der Waals surface area contributed by atoms with Crippen molar-refractivity contribution in [3.63, 3.8) is 0 Å². The lowest BCUT2D eigenvalue weighted by molar-refractivity contribution is -0.383. The standard InChI is InChI=1S/C10H11N5O3/c1-14(2)13-8-4-7-6(3-9(8)15(17)18)10(16)12-5-11-7/h3-5,13H,1-2H3,(H,11,12,16). The van der Waals surface area contributed by atoms with E-state index in [1.165, 1.54) is 18.5 Å². The minimum Gasteiger partial charge on any atom is -0.313 e. The van der Waals surface area contributed by atoms with E-state index >= 15 is 0 Å². The van der Waals surface area contributed by atoms with Gasteiger partial charge in [0.25, 0.3) is 11.2 Å². The van der Waals surface area contributed by atoms with Gasteiger partial charge in [-0.25, -0.2) is 9.99 Å². The highest BCUT2D eigenvalue weighted by atomic mass is 16.6. The Morgan fingerprint density at radius 3 is 2.78 bits per heavy atom. The molecule has 2 rings (SSSR count). The fourth-order valence-electron chi connectivity index (χ4n) is 1.59. The van der Waals surface area contributed by atoms with Crippen LogP contribution in [0.3, 0.4) is 0 Å². The molecular formula is C10H11N5O3. The maximum atomic E-state index is 11.5. The Balaban J connectivity index is 2.72. The van der Waals surface area contributed by atoms with Crippen LogP contribution in [0.1, 0.15) is 0 Å². The second-order valence-corrected chi connectivity index (χ2v) is 3.88. The number of anilines is 1. The predicted molar refractivity (Wildman–Crippen MR) is 66.3 cm³/mol. The van der Waals surface area contributed by atoms with Gasteiger partial charge >= 0.3 is 0 Å². The largest absolute Gasteiger partial charge is 0.313 e. The van der Waals surface area contributed by atoms with E-state index in [1.807, 2.05) is 0 Å². The molecular weight excluding hydrogens is 238 g/mol. The minimum absolute atomic E-state index is 0.172. The van der Waals surface area contributed by atoms with Gasteiger partial charge < -0.3 is 10.4 Å². The number of nitrogens with one attached hydrogen (secondary N) is 2. The number of fused-ring (bicyclic) bond motifs is 1. The topological polar surface area (TPSA) is 104 Å². The number of rotatable bonds is 3. The molecule has 1 heterocycles. The van der Waals surface area contributed by atoms with Crippen molar-refractivity contribution in [2.45, 2.75) is 0 Å². The fourth-order valence-corrected chi connectivity index (χ4v) is 1.59. The minimum atomic E-state index is -0.544. The molecule has 0 saturated carbocycles. The van der Waals surface area contributed by atoms with E-state index in [9.17, 15) is 14.9 Å². The van der Waals surface area contributed by atoms with Gasteiger partial charge in [-0.3, -0.25) is 14.9 Å². The van der Waals surface area contributed by atoms with Crippen LogP contribution in [0.15, 0.2) is 23.3 Å². The van der Waals surface area contributed by atoms with Gasteiger partial charge in [-0.2, -0.15) is 0 Å². The third kappa shape index (κ3) is 2.13. The van der Waals surface area contributed by atoms with E-state index in [0.717, 1.165) is 0 Å². The zero-order valence-electron chi connectivity index (χ0n) is 9.80. The molecule has 1 aromatic heterocycles. The first-order chi connectivity index (χ1) is 8.49. The van der Waals surface area contributed by atoms with E-state index in [0.29, 0.717) is 5.52 Å². The molecule has 94 valence electrons. The summed E-state index contributed by atoms with van der Waals surface area (Å²) in [6.45, 7) is 0. The Kier molecular flexibility index (Phi) is 2.94. The van der Waals surface area contributed by atoms with Crippen molar-refractivity contribution in [3.05, 3.63) is 38.9 Å². The van der Waals surface area contributed by atoms with Crippen LogP contribution in [0.5, 0.6) is 0 Å². The summed E-state index contributed by atoms with van der Waals surface area (Å²) < 4.78 is 0. The summed E-state index contributed by atoms with van der Waals surface area (Å²) in [6.07, 6.45) is 1.26. The van der Waals surface area contributed by atoms with E-state index in [2.05, 4.69) is 15.4 Å². The predicted octanol–water partition coefficient (Wildman–Crippen LogP) is 0.720. The van der Waals surface area contributed by atoms with Gasteiger partial charge in [0.2, 0.25) is 0 Å². The van der Waals surface area contributed by atoms with Gasteiger partial charge in [0.05, 0.1) is 22.2 Å². The van der Waals surface area contributed by atoms with Gasteiger partial charge in [0, 0.05) is 20.2 Å². The van der Waals surface area contributed by atoms with Crippen LogP contribution in [-0.4, -0.2) is 34.0 Å². The molecule has 0 aliphatic carbocycles. The maximum absolute atomic E-state index is 11.5. The number of hydrogen-bond donors (Lipinski definition) is 2. The monoisotopic (exact) mass is 249 g/mol.